The Hall–Kier alpha value is -1.69. The average Bonchev–Trinajstić information content (AvgIpc) is 2.77. The molecule has 0 aliphatic heterocycles. The molecule has 0 saturated carbocycles. The van der Waals surface area contributed by atoms with Crippen molar-refractivity contribution in [3.05, 3.63) is 30.6 Å². The fourth-order valence-electron chi connectivity index (χ4n) is 1.56. The molecule has 0 saturated heterocycles. The highest BCUT2D eigenvalue weighted by molar-refractivity contribution is 9.09. The molecule has 5 nitrogen and oxygen atoms in total. The zero-order valence-corrected chi connectivity index (χ0v) is 11.5. The summed E-state index contributed by atoms with van der Waals surface area (Å²) in [6, 6.07) is 7.54. The minimum atomic E-state index is -0.00159. The maximum Gasteiger partial charge on any atom is 0.225 e. The van der Waals surface area contributed by atoms with E-state index in [0.717, 1.165) is 17.1 Å². The van der Waals surface area contributed by atoms with E-state index in [9.17, 15) is 4.79 Å². The van der Waals surface area contributed by atoms with Crippen LogP contribution in [0.2, 0.25) is 0 Å². The number of anilines is 1. The van der Waals surface area contributed by atoms with Gasteiger partial charge in [-0.05, 0) is 24.3 Å². The largest absolute Gasteiger partial charge is 0.326 e. The molecule has 0 atom stereocenters. The molecule has 18 heavy (non-hydrogen) atoms. The van der Waals surface area contributed by atoms with Gasteiger partial charge in [-0.25, -0.2) is 0 Å². The number of amides is 1. The second-order valence-corrected chi connectivity index (χ2v) is 4.62. The van der Waals surface area contributed by atoms with Crippen LogP contribution >= 0.6 is 15.9 Å². The third kappa shape index (κ3) is 2.95. The van der Waals surface area contributed by atoms with Crippen LogP contribution in [0.25, 0.3) is 11.4 Å². The van der Waals surface area contributed by atoms with E-state index in [2.05, 4.69) is 31.4 Å². The number of hydrogen-bond donors (Lipinski definition) is 1. The minimum absolute atomic E-state index is 0.00159. The molecule has 6 heteroatoms. The number of hydrogen-bond acceptors (Lipinski definition) is 3. The van der Waals surface area contributed by atoms with Crippen molar-refractivity contribution in [2.45, 2.75) is 6.42 Å². The summed E-state index contributed by atoms with van der Waals surface area (Å²) in [6.45, 7) is 0. The van der Waals surface area contributed by atoms with Gasteiger partial charge in [0.25, 0.3) is 0 Å². The van der Waals surface area contributed by atoms with Gasteiger partial charge in [0.1, 0.15) is 6.33 Å². The van der Waals surface area contributed by atoms with E-state index in [-0.39, 0.29) is 5.91 Å². The van der Waals surface area contributed by atoms with Gasteiger partial charge in [0, 0.05) is 30.0 Å². The number of aryl methyl sites for hydroxylation is 1. The number of aromatic nitrogens is 3. The number of carbonyl (C=O) groups excluding carboxylic acids is 1. The molecule has 0 aliphatic carbocycles. The van der Waals surface area contributed by atoms with Crippen LogP contribution in [-0.2, 0) is 11.8 Å². The van der Waals surface area contributed by atoms with Crippen molar-refractivity contribution in [2.24, 2.45) is 7.05 Å². The van der Waals surface area contributed by atoms with Crippen molar-refractivity contribution < 1.29 is 4.79 Å². The highest BCUT2D eigenvalue weighted by Crippen LogP contribution is 2.18. The molecule has 0 unspecified atom stereocenters. The van der Waals surface area contributed by atoms with Crippen LogP contribution < -0.4 is 5.32 Å². The maximum atomic E-state index is 11.4. The highest BCUT2D eigenvalue weighted by Gasteiger charge is 2.05. The number of alkyl halides is 1. The van der Waals surface area contributed by atoms with Gasteiger partial charge in [-0.15, -0.1) is 10.2 Å². The Morgan fingerprint density at radius 2 is 2.11 bits per heavy atom. The van der Waals surface area contributed by atoms with Crippen LogP contribution in [0.4, 0.5) is 5.69 Å². The van der Waals surface area contributed by atoms with Gasteiger partial charge in [0.15, 0.2) is 5.82 Å². The molecule has 94 valence electrons. The number of rotatable bonds is 4. The predicted molar refractivity (Wildman–Crippen MR) is 73.5 cm³/mol. The van der Waals surface area contributed by atoms with E-state index >= 15 is 0 Å². The number of benzene rings is 1. The Morgan fingerprint density at radius 3 is 2.67 bits per heavy atom. The van der Waals surface area contributed by atoms with E-state index in [1.807, 2.05) is 35.9 Å². The first-order chi connectivity index (χ1) is 8.70. The highest BCUT2D eigenvalue weighted by atomic mass is 79.9. The fourth-order valence-corrected chi connectivity index (χ4v) is 1.92. The first-order valence-corrected chi connectivity index (χ1v) is 6.63. The van der Waals surface area contributed by atoms with Gasteiger partial charge in [-0.1, -0.05) is 15.9 Å². The number of carbonyl (C=O) groups is 1. The summed E-state index contributed by atoms with van der Waals surface area (Å²) in [6.07, 6.45) is 2.12. The molecule has 1 amide bonds. The van der Waals surface area contributed by atoms with Crippen molar-refractivity contribution in [2.75, 3.05) is 10.6 Å². The quantitative estimate of drug-likeness (QED) is 0.881. The summed E-state index contributed by atoms with van der Waals surface area (Å²) in [5.41, 5.74) is 1.75. The van der Waals surface area contributed by atoms with E-state index in [1.54, 1.807) is 6.33 Å². The van der Waals surface area contributed by atoms with Crippen LogP contribution in [0, 0.1) is 0 Å². The summed E-state index contributed by atoms with van der Waals surface area (Å²) in [5, 5.41) is 11.3. The second kappa shape index (κ2) is 5.77. The summed E-state index contributed by atoms with van der Waals surface area (Å²) in [7, 11) is 1.89. The summed E-state index contributed by atoms with van der Waals surface area (Å²) < 4.78 is 1.85. The molecule has 2 rings (SSSR count). The SMILES string of the molecule is Cn1cnnc1-c1ccc(NC(=O)CCBr)cc1. The molecule has 0 aliphatic rings. The summed E-state index contributed by atoms with van der Waals surface area (Å²) in [5.74, 6) is 0.798. The normalized spacial score (nSPS) is 10.3. The molecule has 1 heterocycles. The van der Waals surface area contributed by atoms with Crippen molar-refractivity contribution in [3.63, 3.8) is 0 Å². The lowest BCUT2D eigenvalue weighted by atomic mass is 10.2. The van der Waals surface area contributed by atoms with Gasteiger partial charge in [-0.3, -0.25) is 4.79 Å². The molecule has 0 bridgehead atoms. The van der Waals surface area contributed by atoms with Crippen LogP contribution in [0.3, 0.4) is 0 Å². The van der Waals surface area contributed by atoms with E-state index in [4.69, 9.17) is 0 Å². The molecule has 1 aromatic heterocycles. The third-order valence-electron chi connectivity index (χ3n) is 2.46. The molecule has 0 spiro atoms. The number of nitrogens with one attached hydrogen (secondary N) is 1. The molecule has 0 radical (unpaired) electrons. The number of nitrogens with zero attached hydrogens (tertiary/aromatic N) is 3. The van der Waals surface area contributed by atoms with Crippen LogP contribution in [0.1, 0.15) is 6.42 Å². The molecule has 1 N–H and O–H groups in total. The smallest absolute Gasteiger partial charge is 0.225 e. The molecule has 1 aromatic carbocycles. The van der Waals surface area contributed by atoms with Crippen molar-refractivity contribution in [1.82, 2.24) is 14.8 Å². The Morgan fingerprint density at radius 1 is 1.39 bits per heavy atom. The van der Waals surface area contributed by atoms with Gasteiger partial charge >= 0.3 is 0 Å². The Balaban J connectivity index is 2.11. The summed E-state index contributed by atoms with van der Waals surface area (Å²) in [4.78, 5) is 11.4. The third-order valence-corrected chi connectivity index (χ3v) is 2.86. The first kappa shape index (κ1) is 12.8. The average molecular weight is 309 g/mol. The Kier molecular flexibility index (Phi) is 4.09. The second-order valence-electron chi connectivity index (χ2n) is 3.83. The number of halogens is 1. The van der Waals surface area contributed by atoms with Crippen LogP contribution in [0.15, 0.2) is 30.6 Å². The Bertz CT molecular complexity index is 535. The van der Waals surface area contributed by atoms with E-state index in [0.29, 0.717) is 11.8 Å². The van der Waals surface area contributed by atoms with E-state index < -0.39 is 0 Å². The lowest BCUT2D eigenvalue weighted by Crippen LogP contribution is -2.11. The standard InChI is InChI=1S/C12H13BrN4O/c1-17-8-14-16-12(17)9-2-4-10(5-3-9)15-11(18)6-7-13/h2-5,8H,6-7H2,1H3,(H,15,18). The zero-order valence-electron chi connectivity index (χ0n) is 9.93. The van der Waals surface area contributed by atoms with Crippen LogP contribution in [-0.4, -0.2) is 26.0 Å². The molecule has 0 fully saturated rings. The van der Waals surface area contributed by atoms with Crippen molar-refractivity contribution in [1.29, 1.82) is 0 Å². The lowest BCUT2D eigenvalue weighted by molar-refractivity contribution is -0.115. The Labute approximate surface area is 113 Å². The van der Waals surface area contributed by atoms with Crippen LogP contribution in [0.5, 0.6) is 0 Å². The first-order valence-electron chi connectivity index (χ1n) is 5.51. The van der Waals surface area contributed by atoms with Crippen molar-refractivity contribution in [3.8, 4) is 11.4 Å². The summed E-state index contributed by atoms with van der Waals surface area (Å²) >= 11 is 3.23. The van der Waals surface area contributed by atoms with Gasteiger partial charge in [0.05, 0.1) is 0 Å². The topological polar surface area (TPSA) is 59.8 Å². The van der Waals surface area contributed by atoms with Gasteiger partial charge in [0.2, 0.25) is 5.91 Å². The maximum absolute atomic E-state index is 11.4. The van der Waals surface area contributed by atoms with Gasteiger partial charge < -0.3 is 9.88 Å². The van der Waals surface area contributed by atoms with Crippen molar-refractivity contribution >= 4 is 27.5 Å². The fraction of sp³-hybridized carbons (Fsp3) is 0.250. The molecular formula is C12H13BrN4O. The lowest BCUT2D eigenvalue weighted by Gasteiger charge is -2.05. The van der Waals surface area contributed by atoms with Gasteiger partial charge in [-0.2, -0.15) is 0 Å². The minimum Gasteiger partial charge on any atom is -0.326 e. The zero-order chi connectivity index (χ0) is 13.0. The monoisotopic (exact) mass is 308 g/mol. The molecular weight excluding hydrogens is 296 g/mol. The predicted octanol–water partition coefficient (Wildman–Crippen LogP) is 2.21. The van der Waals surface area contributed by atoms with E-state index in [1.165, 1.54) is 0 Å². The molecule has 2 aromatic rings.